The Morgan fingerprint density at radius 2 is 1.93 bits per heavy atom. The summed E-state index contributed by atoms with van der Waals surface area (Å²) in [7, 11) is 0. The first-order chi connectivity index (χ1) is 13.6. The summed E-state index contributed by atoms with van der Waals surface area (Å²) in [6.45, 7) is 9.47. The van der Waals surface area contributed by atoms with E-state index in [2.05, 4.69) is 34.4 Å². The van der Waals surface area contributed by atoms with Crippen LogP contribution in [0, 0.1) is 12.8 Å². The van der Waals surface area contributed by atoms with Crippen molar-refractivity contribution < 1.29 is 19.2 Å². The van der Waals surface area contributed by atoms with E-state index in [1.54, 1.807) is 6.92 Å². The highest BCUT2D eigenvalue weighted by Crippen LogP contribution is 2.30. The first-order valence-corrected chi connectivity index (χ1v) is 10.6. The smallest absolute Gasteiger partial charge is 0.323 e. The second kappa shape index (κ2) is 8.19. The summed E-state index contributed by atoms with van der Waals surface area (Å²) in [6, 6.07) is -0.540. The number of ketones is 1. The Hall–Kier alpha value is -2.33. The lowest BCUT2D eigenvalue weighted by Gasteiger charge is -2.37. The molecule has 158 valence electrons. The molecule has 0 unspecified atom stereocenters. The molecule has 9 nitrogen and oxygen atoms in total. The van der Waals surface area contributed by atoms with Gasteiger partial charge in [-0.3, -0.25) is 19.3 Å². The molecule has 3 heterocycles. The first kappa shape index (κ1) is 21.4. The van der Waals surface area contributed by atoms with Crippen LogP contribution < -0.4 is 10.6 Å². The third-order valence-corrected chi connectivity index (χ3v) is 6.42. The molecule has 3 rings (SSSR count). The van der Waals surface area contributed by atoms with Crippen LogP contribution in [0.4, 0.5) is 9.93 Å². The molecule has 2 aliphatic heterocycles. The number of nitrogens with one attached hydrogen (secondary N) is 2. The van der Waals surface area contributed by atoms with E-state index in [-0.39, 0.29) is 23.4 Å². The van der Waals surface area contributed by atoms with Crippen LogP contribution in [0.1, 0.15) is 49.0 Å². The number of carbonyl (C=O) groups excluding carboxylic acids is 4. The maximum atomic E-state index is 12.9. The van der Waals surface area contributed by atoms with E-state index in [0.29, 0.717) is 29.3 Å². The summed E-state index contributed by atoms with van der Waals surface area (Å²) in [5.74, 6) is -0.454. The molecule has 1 aromatic rings. The second-order valence-electron chi connectivity index (χ2n) is 8.14. The van der Waals surface area contributed by atoms with Crippen LogP contribution >= 0.6 is 11.3 Å². The minimum Gasteiger partial charge on any atom is -0.323 e. The molecule has 0 radical (unpaired) electrons. The highest BCUT2D eigenvalue weighted by atomic mass is 32.1. The second-order valence-corrected chi connectivity index (χ2v) is 9.13. The lowest BCUT2D eigenvalue weighted by atomic mass is 9.87. The topological polar surface area (TPSA) is 112 Å². The van der Waals surface area contributed by atoms with E-state index in [1.165, 1.54) is 6.92 Å². The van der Waals surface area contributed by atoms with Crippen molar-refractivity contribution in [3.8, 4) is 0 Å². The van der Waals surface area contributed by atoms with Crippen molar-refractivity contribution in [1.29, 1.82) is 0 Å². The number of thiazole rings is 1. The minimum atomic E-state index is -0.912. The zero-order valence-corrected chi connectivity index (χ0v) is 18.0. The van der Waals surface area contributed by atoms with Gasteiger partial charge in [-0.15, -0.1) is 0 Å². The summed E-state index contributed by atoms with van der Waals surface area (Å²) < 4.78 is 0. The van der Waals surface area contributed by atoms with Crippen molar-refractivity contribution in [2.75, 3.05) is 31.5 Å². The molecule has 2 saturated heterocycles. The number of piperidine rings is 1. The number of amides is 4. The summed E-state index contributed by atoms with van der Waals surface area (Å²) >= 11 is 1.08. The highest BCUT2D eigenvalue weighted by molar-refractivity contribution is 7.17. The number of urea groups is 1. The van der Waals surface area contributed by atoms with Crippen molar-refractivity contribution >= 4 is 40.1 Å². The standard InChI is InChI=1S/C19H27N5O4S/c1-11(2)9-23-7-5-19(6-8-23)16(27)24(18(28)22-19)10-14(26)21-17-20-12(3)15(29-17)13(4)25/h11H,5-10H2,1-4H3,(H,22,28)(H,20,21,26). The van der Waals surface area contributed by atoms with Crippen LogP contribution in [0.25, 0.3) is 0 Å². The number of nitrogens with zero attached hydrogens (tertiary/aromatic N) is 3. The van der Waals surface area contributed by atoms with Crippen molar-refractivity contribution in [2.24, 2.45) is 5.92 Å². The maximum Gasteiger partial charge on any atom is 0.325 e. The Morgan fingerprint density at radius 3 is 2.48 bits per heavy atom. The molecule has 29 heavy (non-hydrogen) atoms. The Kier molecular flexibility index (Phi) is 6.04. The van der Waals surface area contributed by atoms with Gasteiger partial charge in [0.15, 0.2) is 10.9 Å². The Labute approximate surface area is 173 Å². The Bertz CT molecular complexity index is 842. The zero-order valence-electron chi connectivity index (χ0n) is 17.2. The molecule has 2 fully saturated rings. The number of Topliss-reactive ketones (excluding diaryl/α,β-unsaturated/α-hetero) is 1. The predicted molar refractivity (Wildman–Crippen MR) is 109 cm³/mol. The fourth-order valence-corrected chi connectivity index (χ4v) is 4.75. The number of anilines is 1. The van der Waals surface area contributed by atoms with Crippen LogP contribution in [0.3, 0.4) is 0 Å². The van der Waals surface area contributed by atoms with Crippen LogP contribution in [0.15, 0.2) is 0 Å². The van der Waals surface area contributed by atoms with Crippen LogP contribution in [0.2, 0.25) is 0 Å². The van der Waals surface area contributed by atoms with Crippen LogP contribution in [0.5, 0.6) is 0 Å². The van der Waals surface area contributed by atoms with E-state index in [1.807, 2.05) is 0 Å². The maximum absolute atomic E-state index is 12.9. The normalized spacial score (nSPS) is 19.1. The van der Waals surface area contributed by atoms with Crippen LogP contribution in [-0.4, -0.2) is 70.1 Å². The SMILES string of the molecule is CC(=O)c1sc(NC(=O)CN2C(=O)NC3(CCN(CC(C)C)CC3)C2=O)nc1C. The number of carbonyl (C=O) groups is 4. The van der Waals surface area contributed by atoms with Gasteiger partial charge in [-0.2, -0.15) is 0 Å². The fraction of sp³-hybridized carbons (Fsp3) is 0.632. The van der Waals surface area contributed by atoms with Crippen molar-refractivity contribution in [2.45, 2.75) is 46.1 Å². The van der Waals surface area contributed by atoms with E-state index in [9.17, 15) is 19.2 Å². The van der Waals surface area contributed by atoms with Gasteiger partial charge < -0.3 is 15.5 Å². The van der Waals surface area contributed by atoms with Gasteiger partial charge in [0.2, 0.25) is 5.91 Å². The van der Waals surface area contributed by atoms with Gasteiger partial charge in [-0.05, 0) is 25.7 Å². The fourth-order valence-electron chi connectivity index (χ4n) is 3.87. The molecule has 2 aliphatic rings. The molecule has 0 atom stereocenters. The first-order valence-electron chi connectivity index (χ1n) is 9.76. The number of imide groups is 1. The van der Waals surface area contributed by atoms with Gasteiger partial charge in [0.25, 0.3) is 5.91 Å². The molecule has 0 bridgehead atoms. The van der Waals surface area contributed by atoms with E-state index in [0.717, 1.165) is 35.9 Å². The zero-order chi connectivity index (χ0) is 21.3. The molecule has 4 amide bonds. The summed E-state index contributed by atoms with van der Waals surface area (Å²) in [4.78, 5) is 57.2. The highest BCUT2D eigenvalue weighted by Gasteiger charge is 2.52. The molecule has 0 aliphatic carbocycles. The molecule has 2 N–H and O–H groups in total. The average molecular weight is 422 g/mol. The van der Waals surface area contributed by atoms with Crippen molar-refractivity contribution in [3.05, 3.63) is 10.6 Å². The van der Waals surface area contributed by atoms with Gasteiger partial charge in [0, 0.05) is 26.6 Å². The molecule has 10 heteroatoms. The molecule has 1 aromatic heterocycles. The number of hydrogen-bond donors (Lipinski definition) is 2. The summed E-state index contributed by atoms with van der Waals surface area (Å²) in [5.41, 5.74) is -0.371. The summed E-state index contributed by atoms with van der Waals surface area (Å²) in [6.07, 6.45) is 1.08. The van der Waals surface area contributed by atoms with Gasteiger partial charge in [-0.1, -0.05) is 25.2 Å². The molecular weight excluding hydrogens is 394 g/mol. The molecule has 0 aromatic carbocycles. The average Bonchev–Trinajstić information content (AvgIpc) is 3.10. The molecule has 1 spiro atoms. The Morgan fingerprint density at radius 1 is 1.28 bits per heavy atom. The van der Waals surface area contributed by atoms with Gasteiger partial charge in [0.1, 0.15) is 12.1 Å². The molecular formula is C19H27N5O4S. The van der Waals surface area contributed by atoms with E-state index in [4.69, 9.17) is 0 Å². The molecule has 0 saturated carbocycles. The lowest BCUT2D eigenvalue weighted by Crippen LogP contribution is -2.55. The van der Waals surface area contributed by atoms with Gasteiger partial charge >= 0.3 is 6.03 Å². The van der Waals surface area contributed by atoms with E-state index < -0.39 is 17.5 Å². The number of rotatable bonds is 6. The minimum absolute atomic E-state index is 0.125. The lowest BCUT2D eigenvalue weighted by molar-refractivity contribution is -0.135. The number of aromatic nitrogens is 1. The van der Waals surface area contributed by atoms with Gasteiger partial charge in [0.05, 0.1) is 10.6 Å². The number of hydrogen-bond acceptors (Lipinski definition) is 7. The van der Waals surface area contributed by atoms with Crippen LogP contribution in [-0.2, 0) is 9.59 Å². The summed E-state index contributed by atoms with van der Waals surface area (Å²) in [5, 5.41) is 5.67. The number of likely N-dealkylation sites (tertiary alicyclic amines) is 1. The van der Waals surface area contributed by atoms with E-state index >= 15 is 0 Å². The third-order valence-electron chi connectivity index (χ3n) is 5.24. The van der Waals surface area contributed by atoms with Gasteiger partial charge in [-0.25, -0.2) is 9.78 Å². The monoisotopic (exact) mass is 421 g/mol. The predicted octanol–water partition coefficient (Wildman–Crippen LogP) is 1.64. The third kappa shape index (κ3) is 4.48. The quantitative estimate of drug-likeness (QED) is 0.533. The number of aryl methyl sites for hydroxylation is 1. The van der Waals surface area contributed by atoms with Crippen molar-refractivity contribution in [3.63, 3.8) is 0 Å². The largest absolute Gasteiger partial charge is 0.325 e. The Balaban J connectivity index is 1.61. The van der Waals surface area contributed by atoms with Crippen molar-refractivity contribution in [1.82, 2.24) is 20.1 Å².